The van der Waals surface area contributed by atoms with Crippen LogP contribution >= 0.6 is 0 Å². The van der Waals surface area contributed by atoms with Gasteiger partial charge in [-0.2, -0.15) is 0 Å². The van der Waals surface area contributed by atoms with Crippen molar-refractivity contribution in [2.45, 2.75) is 27.2 Å². The molecule has 1 aliphatic carbocycles. The predicted molar refractivity (Wildman–Crippen MR) is 55.0 cm³/mol. The van der Waals surface area contributed by atoms with Crippen molar-refractivity contribution in [3.63, 3.8) is 0 Å². The van der Waals surface area contributed by atoms with Crippen molar-refractivity contribution in [3.8, 4) is 0 Å². The zero-order valence-corrected chi connectivity index (χ0v) is 8.25. The molecule has 0 amide bonds. The lowest BCUT2D eigenvalue weighted by Gasteiger charge is -2.23. The molecule has 0 heteroatoms. The van der Waals surface area contributed by atoms with Crippen LogP contribution < -0.4 is 0 Å². The molecule has 0 bridgehead atoms. The first-order valence-corrected chi connectivity index (χ1v) is 4.66. The molecule has 0 unspecified atom stereocenters. The fourth-order valence-electron chi connectivity index (χ4n) is 1.75. The van der Waals surface area contributed by atoms with Gasteiger partial charge in [-0.15, -0.1) is 0 Å². The van der Waals surface area contributed by atoms with Crippen molar-refractivity contribution in [2.24, 2.45) is 11.3 Å². The van der Waals surface area contributed by atoms with Gasteiger partial charge in [0, 0.05) is 5.41 Å². The molecule has 0 atom stereocenters. The van der Waals surface area contributed by atoms with Crippen molar-refractivity contribution >= 4 is 0 Å². The Balaban J connectivity index is 2.70. The third-order valence-electron chi connectivity index (χ3n) is 2.14. The van der Waals surface area contributed by atoms with E-state index in [1.165, 1.54) is 6.42 Å². The summed E-state index contributed by atoms with van der Waals surface area (Å²) in [5.41, 5.74) is 0.262. The maximum atomic E-state index is 2.28. The summed E-state index contributed by atoms with van der Waals surface area (Å²) in [6, 6.07) is 0. The zero-order chi connectivity index (χ0) is 9.03. The fourth-order valence-corrected chi connectivity index (χ4v) is 1.75. The average Bonchev–Trinajstić information content (AvgIpc) is 2.12. The van der Waals surface area contributed by atoms with Crippen LogP contribution in [0.3, 0.4) is 0 Å². The Morgan fingerprint density at radius 2 is 1.50 bits per heavy atom. The van der Waals surface area contributed by atoms with Crippen LogP contribution in [0.25, 0.3) is 0 Å². The highest BCUT2D eigenvalue weighted by Crippen LogP contribution is 2.30. The molecule has 0 saturated carbocycles. The molecule has 1 aliphatic rings. The van der Waals surface area contributed by atoms with Gasteiger partial charge in [-0.3, -0.25) is 0 Å². The van der Waals surface area contributed by atoms with Gasteiger partial charge in [0.25, 0.3) is 0 Å². The van der Waals surface area contributed by atoms with E-state index in [1.54, 1.807) is 0 Å². The lowest BCUT2D eigenvalue weighted by molar-refractivity contribution is 0.410. The quantitative estimate of drug-likeness (QED) is 0.580. The van der Waals surface area contributed by atoms with E-state index >= 15 is 0 Å². The third kappa shape index (κ3) is 2.69. The van der Waals surface area contributed by atoms with Crippen LogP contribution in [0.2, 0.25) is 0 Å². The molecule has 0 heterocycles. The van der Waals surface area contributed by atoms with Gasteiger partial charge in [0.15, 0.2) is 0 Å². The zero-order valence-electron chi connectivity index (χ0n) is 8.25. The monoisotopic (exact) mass is 162 g/mol. The van der Waals surface area contributed by atoms with Crippen molar-refractivity contribution in [2.75, 3.05) is 0 Å². The number of hydrogen-bond acceptors (Lipinski definition) is 0. The maximum Gasteiger partial charge on any atom is 0.00413 e. The second kappa shape index (κ2) is 3.75. The highest BCUT2D eigenvalue weighted by Gasteiger charge is 2.18. The number of allylic oxidation sites excluding steroid dienone is 6. The van der Waals surface area contributed by atoms with E-state index in [0.717, 1.165) is 5.92 Å². The smallest absolute Gasteiger partial charge is 0.00413 e. The van der Waals surface area contributed by atoms with Gasteiger partial charge in [0.1, 0.15) is 0 Å². The minimum Gasteiger partial charge on any atom is -0.0748 e. The Morgan fingerprint density at radius 3 is 1.92 bits per heavy atom. The first kappa shape index (κ1) is 9.31. The average molecular weight is 162 g/mol. The van der Waals surface area contributed by atoms with Crippen LogP contribution in [0.4, 0.5) is 0 Å². The molecule has 1 rings (SSSR count). The molecule has 0 aliphatic heterocycles. The SMILES string of the molecule is CC(C)CC1(C)C=CC=CC=C1. The third-order valence-corrected chi connectivity index (χ3v) is 2.14. The van der Waals surface area contributed by atoms with Gasteiger partial charge in [-0.1, -0.05) is 57.2 Å². The summed E-state index contributed by atoms with van der Waals surface area (Å²) in [5, 5.41) is 0. The summed E-state index contributed by atoms with van der Waals surface area (Å²) in [6.45, 7) is 6.82. The van der Waals surface area contributed by atoms with Gasteiger partial charge in [0.2, 0.25) is 0 Å². The van der Waals surface area contributed by atoms with E-state index in [0.29, 0.717) is 0 Å². The van der Waals surface area contributed by atoms with Crippen molar-refractivity contribution in [1.82, 2.24) is 0 Å². The summed E-state index contributed by atoms with van der Waals surface area (Å²) in [5.74, 6) is 0.752. The van der Waals surface area contributed by atoms with Crippen molar-refractivity contribution in [3.05, 3.63) is 36.5 Å². The van der Waals surface area contributed by atoms with Gasteiger partial charge >= 0.3 is 0 Å². The molecule has 0 aromatic carbocycles. The minimum atomic E-state index is 0.262. The molecule has 0 aromatic rings. The summed E-state index contributed by atoms with van der Waals surface area (Å²) in [6.07, 6.45) is 14.2. The molecule has 0 saturated heterocycles. The molecule has 66 valence electrons. The largest absolute Gasteiger partial charge is 0.0748 e. The second-order valence-corrected chi connectivity index (χ2v) is 4.21. The molecule has 0 nitrogen and oxygen atoms in total. The first-order chi connectivity index (χ1) is 5.62. The van der Waals surface area contributed by atoms with Crippen molar-refractivity contribution < 1.29 is 0 Å². The Kier molecular flexibility index (Phi) is 2.91. The molecule has 0 radical (unpaired) electrons. The van der Waals surface area contributed by atoms with E-state index in [-0.39, 0.29) is 5.41 Å². The standard InChI is InChI=1S/C12H18/c1-11(2)10-12(3)8-6-4-5-7-9-12/h4-9,11H,10H2,1-3H3. The van der Waals surface area contributed by atoms with Crippen molar-refractivity contribution in [1.29, 1.82) is 0 Å². The second-order valence-electron chi connectivity index (χ2n) is 4.21. The molecule has 0 N–H and O–H groups in total. The first-order valence-electron chi connectivity index (χ1n) is 4.66. The normalized spacial score (nSPS) is 20.0. The van der Waals surface area contributed by atoms with E-state index in [2.05, 4.69) is 57.2 Å². The summed E-state index contributed by atoms with van der Waals surface area (Å²) in [7, 11) is 0. The van der Waals surface area contributed by atoms with Crippen LogP contribution in [0.1, 0.15) is 27.2 Å². The lowest BCUT2D eigenvalue weighted by atomic mass is 9.82. The lowest BCUT2D eigenvalue weighted by Crippen LogP contribution is -2.12. The molecule has 0 spiro atoms. The Hall–Kier alpha value is -0.780. The summed E-state index contributed by atoms with van der Waals surface area (Å²) in [4.78, 5) is 0. The van der Waals surface area contributed by atoms with Crippen LogP contribution in [-0.4, -0.2) is 0 Å². The Bertz CT molecular complexity index is 200. The Morgan fingerprint density at radius 1 is 1.00 bits per heavy atom. The summed E-state index contributed by atoms with van der Waals surface area (Å²) < 4.78 is 0. The number of rotatable bonds is 2. The molecular formula is C12H18. The van der Waals surface area contributed by atoms with E-state index in [9.17, 15) is 0 Å². The van der Waals surface area contributed by atoms with Crippen LogP contribution in [0.5, 0.6) is 0 Å². The van der Waals surface area contributed by atoms with E-state index in [4.69, 9.17) is 0 Å². The van der Waals surface area contributed by atoms with E-state index in [1.807, 2.05) is 0 Å². The van der Waals surface area contributed by atoms with Gasteiger partial charge in [-0.25, -0.2) is 0 Å². The topological polar surface area (TPSA) is 0 Å². The highest BCUT2D eigenvalue weighted by molar-refractivity contribution is 5.23. The minimum absolute atomic E-state index is 0.262. The molecule has 0 fully saturated rings. The predicted octanol–water partition coefficient (Wildman–Crippen LogP) is 3.72. The molecule has 0 aromatic heterocycles. The Labute approximate surface area is 75.7 Å². The number of hydrogen-bond donors (Lipinski definition) is 0. The van der Waals surface area contributed by atoms with Crippen LogP contribution in [0.15, 0.2) is 36.5 Å². The van der Waals surface area contributed by atoms with E-state index < -0.39 is 0 Å². The maximum absolute atomic E-state index is 2.28. The van der Waals surface area contributed by atoms with Gasteiger partial charge in [-0.05, 0) is 12.3 Å². The summed E-state index contributed by atoms with van der Waals surface area (Å²) >= 11 is 0. The fraction of sp³-hybridized carbons (Fsp3) is 0.500. The molecular weight excluding hydrogens is 144 g/mol. The van der Waals surface area contributed by atoms with Gasteiger partial charge in [0.05, 0.1) is 0 Å². The van der Waals surface area contributed by atoms with Crippen LogP contribution in [0, 0.1) is 11.3 Å². The van der Waals surface area contributed by atoms with Crippen LogP contribution in [-0.2, 0) is 0 Å². The van der Waals surface area contributed by atoms with Gasteiger partial charge < -0.3 is 0 Å². The highest BCUT2D eigenvalue weighted by atomic mass is 14.2. The molecule has 12 heavy (non-hydrogen) atoms.